The van der Waals surface area contributed by atoms with Crippen LogP contribution >= 0.6 is 0 Å². The first-order valence-electron chi connectivity index (χ1n) is 18.4. The van der Waals surface area contributed by atoms with E-state index in [2.05, 4.69) is 10.6 Å². The summed E-state index contributed by atoms with van der Waals surface area (Å²) in [7, 11) is 0. The molecule has 2 amide bonds. The molecule has 0 aromatic heterocycles. The summed E-state index contributed by atoms with van der Waals surface area (Å²) >= 11 is 0. The second kappa shape index (κ2) is 19.4. The molecule has 6 nitrogen and oxygen atoms in total. The van der Waals surface area contributed by atoms with E-state index in [0.717, 1.165) is 0 Å². The number of benzene rings is 6. The Bertz CT molecular complexity index is 2330. The molecule has 0 unspecified atom stereocenters. The van der Waals surface area contributed by atoms with Crippen LogP contribution in [0.5, 0.6) is 0 Å². The van der Waals surface area contributed by atoms with Crippen LogP contribution in [0.15, 0.2) is 158 Å². The number of carbonyl (C=O) groups is 4. The third kappa shape index (κ3) is 11.6. The minimum atomic E-state index is -5.22. The number of ketones is 2. The summed E-state index contributed by atoms with van der Waals surface area (Å²) in [5.74, 6) is -4.71. The SMILES string of the molecule is O=C(N[C@@H](C(=O)c1ccccc1)c1ccccc1)c1c(C(F)(F)F)cccc1C(F)(F)F.O=C(N[C@H](C(=O)c1ccccc1)c1ccccc1)c1c(C(F)(F)F)cccc1C(F)(F)F. The highest BCUT2D eigenvalue weighted by Crippen LogP contribution is 2.41. The third-order valence-electron chi connectivity index (χ3n) is 9.26. The van der Waals surface area contributed by atoms with Crippen molar-refractivity contribution in [2.24, 2.45) is 0 Å². The van der Waals surface area contributed by atoms with Gasteiger partial charge in [0.2, 0.25) is 0 Å². The maximum atomic E-state index is 13.4. The van der Waals surface area contributed by atoms with E-state index in [0.29, 0.717) is 36.4 Å². The Balaban J connectivity index is 0.000000241. The summed E-state index contributed by atoms with van der Waals surface area (Å²) in [5.41, 5.74) is -9.51. The number of hydrogen-bond acceptors (Lipinski definition) is 4. The topological polar surface area (TPSA) is 92.3 Å². The Morgan fingerprint density at radius 2 is 0.562 bits per heavy atom. The molecule has 2 atom stereocenters. The lowest BCUT2D eigenvalue weighted by molar-refractivity contribution is -0.145. The number of rotatable bonds is 10. The van der Waals surface area contributed by atoms with Gasteiger partial charge < -0.3 is 10.6 Å². The van der Waals surface area contributed by atoms with Gasteiger partial charge in [0, 0.05) is 11.1 Å². The Hall–Kier alpha value is -7.24. The zero-order valence-electron chi connectivity index (χ0n) is 32.3. The molecular weight excluding hydrogens is 872 g/mol. The first kappa shape index (κ1) is 47.8. The van der Waals surface area contributed by atoms with Crippen molar-refractivity contribution in [3.63, 3.8) is 0 Å². The van der Waals surface area contributed by atoms with Gasteiger partial charge in [-0.3, -0.25) is 19.2 Å². The predicted octanol–water partition coefficient (Wildman–Crippen LogP) is 12.2. The van der Waals surface area contributed by atoms with Gasteiger partial charge in [0.15, 0.2) is 11.6 Å². The van der Waals surface area contributed by atoms with Gasteiger partial charge in [-0.25, -0.2) is 0 Å². The van der Waals surface area contributed by atoms with E-state index >= 15 is 0 Å². The standard InChI is InChI=1S/2C23H15F6NO2/c2*24-22(25,26)16-12-7-13-17(23(27,28)29)18(16)21(32)30-19(14-8-3-1-4-9-14)20(31)15-10-5-2-6-11-15/h2*1-13,19H,(H,30,32)/t2*19-/m10/s1. The second-order valence-electron chi connectivity index (χ2n) is 13.5. The smallest absolute Gasteiger partial charge is 0.338 e. The molecule has 0 spiro atoms. The minimum absolute atomic E-state index is 0.127. The van der Waals surface area contributed by atoms with E-state index in [1.54, 1.807) is 24.3 Å². The van der Waals surface area contributed by atoms with Gasteiger partial charge in [-0.2, -0.15) is 52.7 Å². The van der Waals surface area contributed by atoms with Crippen molar-refractivity contribution in [1.29, 1.82) is 0 Å². The van der Waals surface area contributed by atoms with Crippen LogP contribution in [-0.2, 0) is 24.7 Å². The van der Waals surface area contributed by atoms with E-state index < -0.39 is 93.6 Å². The summed E-state index contributed by atoms with van der Waals surface area (Å²) in [6.45, 7) is 0. The highest BCUT2D eigenvalue weighted by Gasteiger charge is 2.45. The molecule has 0 aliphatic carbocycles. The lowest BCUT2D eigenvalue weighted by Gasteiger charge is -2.22. The summed E-state index contributed by atoms with van der Waals surface area (Å²) in [4.78, 5) is 51.7. The van der Waals surface area contributed by atoms with Crippen LogP contribution in [0.1, 0.15) is 86.9 Å². The molecule has 0 aliphatic rings. The summed E-state index contributed by atoms with van der Waals surface area (Å²) < 4.78 is 161. The predicted molar refractivity (Wildman–Crippen MR) is 208 cm³/mol. The number of alkyl halides is 12. The van der Waals surface area contributed by atoms with Gasteiger partial charge in [-0.1, -0.05) is 133 Å². The van der Waals surface area contributed by atoms with Gasteiger partial charge in [-0.15, -0.1) is 0 Å². The van der Waals surface area contributed by atoms with Crippen molar-refractivity contribution in [2.45, 2.75) is 36.8 Å². The van der Waals surface area contributed by atoms with Gasteiger partial charge in [0.05, 0.1) is 33.4 Å². The minimum Gasteiger partial charge on any atom is -0.338 e. The maximum absolute atomic E-state index is 13.4. The van der Waals surface area contributed by atoms with Crippen LogP contribution in [-0.4, -0.2) is 23.4 Å². The van der Waals surface area contributed by atoms with E-state index in [1.807, 2.05) is 0 Å². The average Bonchev–Trinajstić information content (AvgIpc) is 3.26. The lowest BCUT2D eigenvalue weighted by Crippen LogP contribution is -2.36. The molecule has 0 heterocycles. The molecule has 0 saturated carbocycles. The van der Waals surface area contributed by atoms with Gasteiger partial charge >= 0.3 is 24.7 Å². The monoisotopic (exact) mass is 902 g/mol. The molecule has 0 radical (unpaired) electrons. The fourth-order valence-electron chi connectivity index (χ4n) is 6.37. The zero-order chi connectivity index (χ0) is 47.0. The molecule has 0 aliphatic heterocycles. The number of carbonyl (C=O) groups excluding carboxylic acids is 4. The Kier molecular flexibility index (Phi) is 14.5. The first-order chi connectivity index (χ1) is 30.0. The first-order valence-corrected chi connectivity index (χ1v) is 18.4. The highest BCUT2D eigenvalue weighted by molar-refractivity contribution is 6.06. The average molecular weight is 903 g/mol. The van der Waals surface area contributed by atoms with Crippen molar-refractivity contribution >= 4 is 23.4 Å². The van der Waals surface area contributed by atoms with E-state index in [1.165, 1.54) is 97.1 Å². The maximum Gasteiger partial charge on any atom is 0.417 e. The Morgan fingerprint density at radius 3 is 0.797 bits per heavy atom. The van der Waals surface area contributed by atoms with Crippen LogP contribution in [0, 0.1) is 0 Å². The van der Waals surface area contributed by atoms with Crippen molar-refractivity contribution < 1.29 is 71.9 Å². The number of Topliss-reactive ketones (excluding diaryl/α,β-unsaturated/α-hetero) is 2. The molecule has 64 heavy (non-hydrogen) atoms. The molecule has 0 saturated heterocycles. The third-order valence-corrected chi connectivity index (χ3v) is 9.26. The van der Waals surface area contributed by atoms with Crippen molar-refractivity contribution in [3.05, 3.63) is 213 Å². The quantitative estimate of drug-likeness (QED) is 0.106. The molecule has 18 heteroatoms. The van der Waals surface area contributed by atoms with E-state index in [9.17, 15) is 71.9 Å². The number of amides is 2. The Morgan fingerprint density at radius 1 is 0.328 bits per heavy atom. The largest absolute Gasteiger partial charge is 0.417 e. The van der Waals surface area contributed by atoms with Gasteiger partial charge in [-0.05, 0) is 35.4 Å². The van der Waals surface area contributed by atoms with E-state index in [-0.39, 0.29) is 22.3 Å². The fourth-order valence-corrected chi connectivity index (χ4v) is 6.37. The van der Waals surface area contributed by atoms with Gasteiger partial charge in [0.25, 0.3) is 11.8 Å². The summed E-state index contributed by atoms with van der Waals surface area (Å²) in [6, 6.07) is 29.9. The van der Waals surface area contributed by atoms with Crippen LogP contribution in [0.2, 0.25) is 0 Å². The Labute approximate surface area is 355 Å². The second-order valence-corrected chi connectivity index (χ2v) is 13.5. The van der Waals surface area contributed by atoms with Crippen LogP contribution in [0.25, 0.3) is 0 Å². The normalized spacial score (nSPS) is 12.8. The summed E-state index contributed by atoms with van der Waals surface area (Å²) in [5, 5.41) is 4.17. The number of nitrogens with one attached hydrogen (secondary N) is 2. The van der Waals surface area contributed by atoms with Gasteiger partial charge in [0.1, 0.15) is 12.1 Å². The molecular formula is C46H30F12N2O4. The molecule has 0 bridgehead atoms. The van der Waals surface area contributed by atoms with Crippen molar-refractivity contribution in [3.8, 4) is 0 Å². The molecule has 0 fully saturated rings. The highest BCUT2D eigenvalue weighted by atomic mass is 19.4. The number of halogens is 12. The van der Waals surface area contributed by atoms with Crippen LogP contribution < -0.4 is 10.6 Å². The molecule has 2 N–H and O–H groups in total. The van der Waals surface area contributed by atoms with Crippen molar-refractivity contribution in [2.75, 3.05) is 0 Å². The molecule has 6 aromatic rings. The molecule has 332 valence electrons. The zero-order valence-corrected chi connectivity index (χ0v) is 32.3. The van der Waals surface area contributed by atoms with Crippen LogP contribution in [0.3, 0.4) is 0 Å². The summed E-state index contributed by atoms with van der Waals surface area (Å²) in [6.07, 6.45) is -20.9. The van der Waals surface area contributed by atoms with Crippen molar-refractivity contribution in [1.82, 2.24) is 10.6 Å². The van der Waals surface area contributed by atoms with Crippen LogP contribution in [0.4, 0.5) is 52.7 Å². The number of hydrogen-bond donors (Lipinski definition) is 2. The van der Waals surface area contributed by atoms with E-state index in [4.69, 9.17) is 0 Å². The molecule has 6 rings (SSSR count). The lowest BCUT2D eigenvalue weighted by atomic mass is 9.95. The fraction of sp³-hybridized carbons (Fsp3) is 0.130. The molecule has 6 aromatic carbocycles.